The van der Waals surface area contributed by atoms with Crippen LogP contribution in [0.15, 0.2) is 0 Å². The molecule has 72 valence electrons. The van der Waals surface area contributed by atoms with Crippen molar-refractivity contribution in [2.75, 3.05) is 26.7 Å². The molecule has 0 radical (unpaired) electrons. The topological polar surface area (TPSA) is 15.3 Å². The molecule has 0 aromatic carbocycles. The monoisotopic (exact) mass is 170 g/mol. The molecule has 0 aromatic rings. The molecule has 0 amide bonds. The van der Waals surface area contributed by atoms with Crippen molar-refractivity contribution in [1.82, 2.24) is 10.2 Å². The summed E-state index contributed by atoms with van der Waals surface area (Å²) in [6.07, 6.45) is 1.34. The number of nitrogens with zero attached hydrogens (tertiary/aromatic N) is 1. The largest absolute Gasteiger partial charge is 0.319 e. The van der Waals surface area contributed by atoms with Crippen molar-refractivity contribution in [2.45, 2.75) is 33.2 Å². The lowest BCUT2D eigenvalue weighted by Gasteiger charge is -2.26. The van der Waals surface area contributed by atoms with Gasteiger partial charge in [-0.3, -0.25) is 0 Å². The van der Waals surface area contributed by atoms with Crippen molar-refractivity contribution in [2.24, 2.45) is 5.41 Å². The number of rotatable bonds is 3. The number of likely N-dealkylation sites (tertiary alicyclic amines) is 1. The second-order valence-electron chi connectivity index (χ2n) is 4.66. The molecule has 12 heavy (non-hydrogen) atoms. The molecule has 0 saturated carbocycles. The molecule has 1 N–H and O–H groups in total. The average Bonchev–Trinajstić information content (AvgIpc) is 2.33. The molecule has 2 heteroatoms. The maximum Gasteiger partial charge on any atom is 0.00507 e. The molecule has 0 bridgehead atoms. The van der Waals surface area contributed by atoms with Gasteiger partial charge in [-0.2, -0.15) is 0 Å². The fraction of sp³-hybridized carbons (Fsp3) is 1.00. The van der Waals surface area contributed by atoms with E-state index in [2.05, 4.69) is 31.0 Å². The Morgan fingerprint density at radius 2 is 2.17 bits per heavy atom. The van der Waals surface area contributed by atoms with Crippen LogP contribution in [0.25, 0.3) is 0 Å². The van der Waals surface area contributed by atoms with Gasteiger partial charge < -0.3 is 10.2 Å². The van der Waals surface area contributed by atoms with Crippen LogP contribution in [0.1, 0.15) is 27.2 Å². The highest BCUT2D eigenvalue weighted by Crippen LogP contribution is 2.29. The normalized spacial score (nSPS) is 31.8. The molecule has 0 spiro atoms. The lowest BCUT2D eigenvalue weighted by atomic mass is 9.90. The van der Waals surface area contributed by atoms with Gasteiger partial charge in [0.1, 0.15) is 0 Å². The Bertz CT molecular complexity index is 145. The van der Waals surface area contributed by atoms with Crippen LogP contribution in [0.3, 0.4) is 0 Å². The standard InChI is InChI=1S/C10H22N2/c1-9(2)12-6-5-10(3,8-12)7-11-4/h9,11H,5-8H2,1-4H3. The fourth-order valence-corrected chi connectivity index (χ4v) is 2.07. The van der Waals surface area contributed by atoms with Gasteiger partial charge in [0.05, 0.1) is 0 Å². The summed E-state index contributed by atoms with van der Waals surface area (Å²) in [5, 5.41) is 3.28. The Morgan fingerprint density at radius 1 is 1.50 bits per heavy atom. The minimum atomic E-state index is 0.513. The van der Waals surface area contributed by atoms with Crippen molar-refractivity contribution in [3.05, 3.63) is 0 Å². The zero-order chi connectivity index (χ0) is 9.19. The molecule has 1 aliphatic heterocycles. The van der Waals surface area contributed by atoms with Crippen molar-refractivity contribution in [3.8, 4) is 0 Å². The van der Waals surface area contributed by atoms with Crippen molar-refractivity contribution in [1.29, 1.82) is 0 Å². The highest BCUT2D eigenvalue weighted by molar-refractivity contribution is 4.88. The molecule has 2 nitrogen and oxygen atoms in total. The van der Waals surface area contributed by atoms with E-state index in [9.17, 15) is 0 Å². The lowest BCUT2D eigenvalue weighted by Crippen LogP contribution is -2.35. The number of nitrogens with one attached hydrogen (secondary N) is 1. The highest BCUT2D eigenvalue weighted by Gasteiger charge is 2.33. The van der Waals surface area contributed by atoms with E-state index in [0.29, 0.717) is 11.5 Å². The molecular formula is C10H22N2. The summed E-state index contributed by atoms with van der Waals surface area (Å²) in [5.74, 6) is 0. The minimum Gasteiger partial charge on any atom is -0.319 e. The van der Waals surface area contributed by atoms with Crippen molar-refractivity contribution >= 4 is 0 Å². The summed E-state index contributed by atoms with van der Waals surface area (Å²) >= 11 is 0. The molecule has 1 atom stereocenters. The summed E-state index contributed by atoms with van der Waals surface area (Å²) in [6.45, 7) is 10.6. The molecule has 1 rings (SSSR count). The SMILES string of the molecule is CNCC1(C)CCN(C(C)C)C1. The summed E-state index contributed by atoms with van der Waals surface area (Å²) in [5.41, 5.74) is 0.513. The lowest BCUT2D eigenvalue weighted by molar-refractivity contribution is 0.232. The van der Waals surface area contributed by atoms with E-state index in [1.54, 1.807) is 0 Å². The summed E-state index contributed by atoms with van der Waals surface area (Å²) in [6, 6.07) is 0.712. The van der Waals surface area contributed by atoms with Gasteiger partial charge in [-0.1, -0.05) is 6.92 Å². The zero-order valence-corrected chi connectivity index (χ0v) is 8.85. The smallest absolute Gasteiger partial charge is 0.00507 e. The van der Waals surface area contributed by atoms with Gasteiger partial charge in [0, 0.05) is 19.1 Å². The third-order valence-electron chi connectivity index (χ3n) is 2.92. The van der Waals surface area contributed by atoms with Crippen LogP contribution < -0.4 is 5.32 Å². The summed E-state index contributed by atoms with van der Waals surface area (Å²) in [4.78, 5) is 2.57. The van der Waals surface area contributed by atoms with E-state index < -0.39 is 0 Å². The second kappa shape index (κ2) is 3.75. The van der Waals surface area contributed by atoms with Crippen LogP contribution in [0.5, 0.6) is 0 Å². The maximum absolute atomic E-state index is 3.28. The molecule has 1 heterocycles. The Hall–Kier alpha value is -0.0800. The molecule has 1 unspecified atom stereocenters. The molecule has 1 saturated heterocycles. The number of hydrogen-bond acceptors (Lipinski definition) is 2. The number of hydrogen-bond donors (Lipinski definition) is 1. The summed E-state index contributed by atoms with van der Waals surface area (Å²) in [7, 11) is 2.04. The van der Waals surface area contributed by atoms with Crippen molar-refractivity contribution in [3.63, 3.8) is 0 Å². The van der Waals surface area contributed by atoms with Crippen LogP contribution in [0, 0.1) is 5.41 Å². The molecular weight excluding hydrogens is 148 g/mol. The van der Waals surface area contributed by atoms with Crippen molar-refractivity contribution < 1.29 is 0 Å². The fourth-order valence-electron chi connectivity index (χ4n) is 2.07. The third-order valence-corrected chi connectivity index (χ3v) is 2.92. The van der Waals surface area contributed by atoms with E-state index in [1.165, 1.54) is 19.5 Å². The van der Waals surface area contributed by atoms with Crippen LogP contribution in [-0.2, 0) is 0 Å². The molecule has 1 aliphatic rings. The van der Waals surface area contributed by atoms with E-state index in [0.717, 1.165) is 6.54 Å². The van der Waals surface area contributed by atoms with Crippen LogP contribution >= 0.6 is 0 Å². The van der Waals surface area contributed by atoms with Gasteiger partial charge in [-0.15, -0.1) is 0 Å². The van der Waals surface area contributed by atoms with Gasteiger partial charge >= 0.3 is 0 Å². The third kappa shape index (κ3) is 2.20. The van der Waals surface area contributed by atoms with Gasteiger partial charge in [-0.05, 0) is 39.3 Å². The van der Waals surface area contributed by atoms with E-state index in [-0.39, 0.29) is 0 Å². The first-order valence-corrected chi connectivity index (χ1v) is 4.96. The highest BCUT2D eigenvalue weighted by atomic mass is 15.2. The predicted molar refractivity (Wildman–Crippen MR) is 53.4 cm³/mol. The molecule has 0 aromatic heterocycles. The molecule has 1 fully saturated rings. The van der Waals surface area contributed by atoms with Gasteiger partial charge in [0.15, 0.2) is 0 Å². The quantitative estimate of drug-likeness (QED) is 0.687. The van der Waals surface area contributed by atoms with Crippen LogP contribution in [0.2, 0.25) is 0 Å². The van der Waals surface area contributed by atoms with Gasteiger partial charge in [-0.25, -0.2) is 0 Å². The first kappa shape index (κ1) is 10.0. The average molecular weight is 170 g/mol. The Kier molecular flexibility index (Phi) is 3.13. The first-order chi connectivity index (χ1) is 5.57. The van der Waals surface area contributed by atoms with Crippen LogP contribution in [0.4, 0.5) is 0 Å². The maximum atomic E-state index is 3.28. The van der Waals surface area contributed by atoms with E-state index >= 15 is 0 Å². The Labute approximate surface area is 76.3 Å². The Morgan fingerprint density at radius 3 is 2.58 bits per heavy atom. The Balaban J connectivity index is 2.43. The van der Waals surface area contributed by atoms with E-state index in [1.807, 2.05) is 7.05 Å². The zero-order valence-electron chi connectivity index (χ0n) is 8.85. The van der Waals surface area contributed by atoms with E-state index in [4.69, 9.17) is 0 Å². The predicted octanol–water partition coefficient (Wildman–Crippen LogP) is 1.33. The first-order valence-electron chi connectivity index (χ1n) is 4.96. The minimum absolute atomic E-state index is 0.513. The second-order valence-corrected chi connectivity index (χ2v) is 4.66. The van der Waals surface area contributed by atoms with Gasteiger partial charge in [0.25, 0.3) is 0 Å². The van der Waals surface area contributed by atoms with Crippen LogP contribution in [-0.4, -0.2) is 37.6 Å². The molecule has 0 aliphatic carbocycles. The summed E-state index contributed by atoms with van der Waals surface area (Å²) < 4.78 is 0. The van der Waals surface area contributed by atoms with Gasteiger partial charge in [0.2, 0.25) is 0 Å².